The number of halogens is 3. The molecule has 0 aliphatic carbocycles. The van der Waals surface area contributed by atoms with Crippen molar-refractivity contribution in [3.05, 3.63) is 48.5 Å². The molecular formula is C22H26F3N5O4. The molecule has 9 nitrogen and oxygen atoms in total. The predicted octanol–water partition coefficient (Wildman–Crippen LogP) is 1.89. The normalized spacial score (nSPS) is 20.9. The summed E-state index contributed by atoms with van der Waals surface area (Å²) in [5, 5.41) is 7.12. The van der Waals surface area contributed by atoms with Gasteiger partial charge >= 0.3 is 12.1 Å². The Kier molecular flexibility index (Phi) is 7.29. The maximum atomic E-state index is 12.7. The highest BCUT2D eigenvalue weighted by Gasteiger charge is 2.50. The molecule has 34 heavy (non-hydrogen) atoms. The Morgan fingerprint density at radius 2 is 1.82 bits per heavy atom. The number of piperazine rings is 1. The van der Waals surface area contributed by atoms with Crippen molar-refractivity contribution in [2.24, 2.45) is 7.05 Å². The highest BCUT2D eigenvalue weighted by atomic mass is 19.4. The van der Waals surface area contributed by atoms with Gasteiger partial charge in [0.1, 0.15) is 12.4 Å². The standard InChI is InChI=1S/C20H25N5O2.C2HF3O2/c1-16(26)25-13-19(27)24(17-6-4-3-5-7-17)15-20(25)8-10-23(14-20)12-18-21-9-11-22(18)2;3-2(4,5)1(6)7/h3-7,9,11H,8,10,12-15H2,1-2H3;(H,6,7). The van der Waals surface area contributed by atoms with Crippen molar-refractivity contribution in [2.75, 3.05) is 31.1 Å². The van der Waals surface area contributed by atoms with E-state index in [2.05, 4.69) is 9.88 Å². The number of amides is 2. The fourth-order valence-electron chi connectivity index (χ4n) is 4.32. The topological polar surface area (TPSA) is 99.0 Å². The Balaban J connectivity index is 0.000000406. The second-order valence-corrected chi connectivity index (χ2v) is 8.36. The molecule has 1 spiro atoms. The SMILES string of the molecule is CC(=O)N1CC(=O)N(c2ccccc2)CC12CCN(Cc1nccn1C)C2.O=C(O)C(F)(F)F. The number of benzene rings is 1. The van der Waals surface area contributed by atoms with E-state index in [0.29, 0.717) is 6.54 Å². The minimum absolute atomic E-state index is 0.0235. The lowest BCUT2D eigenvalue weighted by molar-refractivity contribution is -0.192. The number of hydrogen-bond donors (Lipinski definition) is 1. The zero-order valence-corrected chi connectivity index (χ0v) is 18.8. The Morgan fingerprint density at radius 1 is 1.18 bits per heavy atom. The Bertz CT molecular complexity index is 1040. The van der Waals surface area contributed by atoms with Gasteiger partial charge in [0.2, 0.25) is 11.8 Å². The monoisotopic (exact) mass is 481 g/mol. The van der Waals surface area contributed by atoms with Crippen LogP contribution in [0.2, 0.25) is 0 Å². The number of rotatable bonds is 3. The third-order valence-corrected chi connectivity index (χ3v) is 6.01. The van der Waals surface area contributed by atoms with Gasteiger partial charge in [-0.3, -0.25) is 14.5 Å². The van der Waals surface area contributed by atoms with E-state index in [0.717, 1.165) is 37.6 Å². The van der Waals surface area contributed by atoms with Crippen LogP contribution >= 0.6 is 0 Å². The lowest BCUT2D eigenvalue weighted by Gasteiger charge is -2.48. The zero-order valence-electron chi connectivity index (χ0n) is 18.8. The van der Waals surface area contributed by atoms with Gasteiger partial charge in [0.25, 0.3) is 0 Å². The average Bonchev–Trinajstić information content (AvgIpc) is 3.36. The number of likely N-dealkylation sites (tertiary alicyclic amines) is 1. The van der Waals surface area contributed by atoms with Gasteiger partial charge < -0.3 is 19.5 Å². The van der Waals surface area contributed by atoms with Crippen molar-refractivity contribution in [3.8, 4) is 0 Å². The van der Waals surface area contributed by atoms with E-state index in [1.807, 2.05) is 53.0 Å². The number of aromatic nitrogens is 2. The lowest BCUT2D eigenvalue weighted by Crippen LogP contribution is -2.66. The van der Waals surface area contributed by atoms with Gasteiger partial charge in [-0.25, -0.2) is 9.78 Å². The summed E-state index contributed by atoms with van der Waals surface area (Å²) in [5.74, 6) is -1.81. The number of anilines is 1. The molecule has 2 aliphatic rings. The number of hydrogen-bond acceptors (Lipinski definition) is 5. The van der Waals surface area contributed by atoms with Gasteiger partial charge in [-0.05, 0) is 18.6 Å². The van der Waals surface area contributed by atoms with Gasteiger partial charge in [-0.1, -0.05) is 18.2 Å². The highest BCUT2D eigenvalue weighted by Crippen LogP contribution is 2.35. The number of carboxylic acids is 1. The summed E-state index contributed by atoms with van der Waals surface area (Å²) in [6.07, 6.45) is -0.480. The summed E-state index contributed by atoms with van der Waals surface area (Å²) >= 11 is 0. The molecule has 1 aromatic heterocycles. The van der Waals surface area contributed by atoms with Crippen LogP contribution < -0.4 is 4.90 Å². The van der Waals surface area contributed by atoms with E-state index in [9.17, 15) is 22.8 Å². The van der Waals surface area contributed by atoms with Gasteiger partial charge in [-0.2, -0.15) is 13.2 Å². The molecular weight excluding hydrogens is 455 g/mol. The maximum absolute atomic E-state index is 12.7. The van der Waals surface area contributed by atoms with Gasteiger partial charge in [0, 0.05) is 45.1 Å². The molecule has 0 saturated carbocycles. The van der Waals surface area contributed by atoms with Crippen molar-refractivity contribution in [1.29, 1.82) is 0 Å². The fourth-order valence-corrected chi connectivity index (χ4v) is 4.32. The number of carboxylic acid groups (broad SMARTS) is 1. The second-order valence-electron chi connectivity index (χ2n) is 8.36. The van der Waals surface area contributed by atoms with Crippen LogP contribution in [0.5, 0.6) is 0 Å². The first-order valence-corrected chi connectivity index (χ1v) is 10.6. The predicted molar refractivity (Wildman–Crippen MR) is 116 cm³/mol. The van der Waals surface area contributed by atoms with E-state index < -0.39 is 12.1 Å². The van der Waals surface area contributed by atoms with E-state index >= 15 is 0 Å². The minimum atomic E-state index is -5.08. The fraction of sp³-hybridized carbons (Fsp3) is 0.455. The van der Waals surface area contributed by atoms with Gasteiger partial charge in [0.15, 0.2) is 0 Å². The van der Waals surface area contributed by atoms with Crippen molar-refractivity contribution >= 4 is 23.5 Å². The first-order chi connectivity index (χ1) is 15.9. The molecule has 3 heterocycles. The van der Waals surface area contributed by atoms with E-state index in [1.54, 1.807) is 18.0 Å². The molecule has 1 aromatic carbocycles. The van der Waals surface area contributed by atoms with Crippen LogP contribution in [-0.4, -0.2) is 80.1 Å². The number of aryl methyl sites for hydroxylation is 1. The van der Waals surface area contributed by atoms with Gasteiger partial charge in [-0.15, -0.1) is 0 Å². The summed E-state index contributed by atoms with van der Waals surface area (Å²) in [7, 11) is 1.99. The molecule has 1 atom stereocenters. The highest BCUT2D eigenvalue weighted by molar-refractivity contribution is 5.98. The molecule has 2 saturated heterocycles. The Hall–Kier alpha value is -3.41. The maximum Gasteiger partial charge on any atom is 0.490 e. The summed E-state index contributed by atoms with van der Waals surface area (Å²) in [4.78, 5) is 44.4. The van der Waals surface area contributed by atoms with Crippen LogP contribution in [0.1, 0.15) is 19.2 Å². The largest absolute Gasteiger partial charge is 0.490 e. The number of nitrogens with zero attached hydrogens (tertiary/aromatic N) is 5. The molecule has 184 valence electrons. The number of carbonyl (C=O) groups is 3. The van der Waals surface area contributed by atoms with Crippen LogP contribution in [0.25, 0.3) is 0 Å². The summed E-state index contributed by atoms with van der Waals surface area (Å²) in [6.45, 7) is 4.61. The van der Waals surface area contributed by atoms with Crippen LogP contribution in [0.4, 0.5) is 18.9 Å². The van der Waals surface area contributed by atoms with Crippen molar-refractivity contribution in [3.63, 3.8) is 0 Å². The van der Waals surface area contributed by atoms with Crippen LogP contribution in [0.3, 0.4) is 0 Å². The molecule has 12 heteroatoms. The number of carbonyl (C=O) groups excluding carboxylic acids is 2. The van der Waals surface area contributed by atoms with Crippen LogP contribution in [0.15, 0.2) is 42.7 Å². The van der Waals surface area contributed by atoms with E-state index in [4.69, 9.17) is 9.90 Å². The molecule has 0 bridgehead atoms. The van der Waals surface area contributed by atoms with Crippen LogP contribution in [-0.2, 0) is 28.0 Å². The number of aliphatic carboxylic acids is 1. The molecule has 2 fully saturated rings. The van der Waals surface area contributed by atoms with Crippen molar-refractivity contribution < 1.29 is 32.7 Å². The summed E-state index contributed by atoms with van der Waals surface area (Å²) in [6, 6.07) is 9.73. The van der Waals surface area contributed by atoms with E-state index in [-0.39, 0.29) is 23.9 Å². The summed E-state index contributed by atoms with van der Waals surface area (Å²) < 4.78 is 33.8. The van der Waals surface area contributed by atoms with Crippen molar-refractivity contribution in [2.45, 2.75) is 31.6 Å². The molecule has 2 amide bonds. The second kappa shape index (κ2) is 9.84. The zero-order chi connectivity index (χ0) is 25.1. The lowest BCUT2D eigenvalue weighted by atomic mass is 9.91. The Labute approximate surface area is 194 Å². The first kappa shape index (κ1) is 25.2. The first-order valence-electron chi connectivity index (χ1n) is 10.6. The quantitative estimate of drug-likeness (QED) is 0.719. The Morgan fingerprint density at radius 3 is 2.35 bits per heavy atom. The molecule has 2 aliphatic heterocycles. The number of para-hydroxylation sites is 1. The van der Waals surface area contributed by atoms with Gasteiger partial charge in [0.05, 0.1) is 18.6 Å². The van der Waals surface area contributed by atoms with E-state index in [1.165, 1.54) is 0 Å². The number of alkyl halides is 3. The average molecular weight is 481 g/mol. The van der Waals surface area contributed by atoms with Crippen molar-refractivity contribution in [1.82, 2.24) is 19.4 Å². The molecule has 0 radical (unpaired) electrons. The third kappa shape index (κ3) is 5.56. The molecule has 4 rings (SSSR count). The minimum Gasteiger partial charge on any atom is -0.475 e. The molecule has 1 N–H and O–H groups in total. The molecule has 2 aromatic rings. The number of imidazole rings is 1. The summed E-state index contributed by atoms with van der Waals surface area (Å²) in [5.41, 5.74) is 0.549. The molecule has 1 unspecified atom stereocenters. The van der Waals surface area contributed by atoms with Crippen LogP contribution in [0, 0.1) is 0 Å². The smallest absolute Gasteiger partial charge is 0.475 e. The third-order valence-electron chi connectivity index (χ3n) is 6.01.